The second-order valence-corrected chi connectivity index (χ2v) is 9.90. The van der Waals surface area contributed by atoms with E-state index in [9.17, 15) is 17.4 Å². The first-order valence-electron chi connectivity index (χ1n) is 8.70. The van der Waals surface area contributed by atoms with Crippen molar-refractivity contribution < 1.29 is 17.4 Å². The highest BCUT2D eigenvalue weighted by atomic mass is 32.2. The molecule has 0 spiro atoms. The van der Waals surface area contributed by atoms with Crippen molar-refractivity contribution in [1.82, 2.24) is 14.9 Å². The van der Waals surface area contributed by atoms with Gasteiger partial charge >= 0.3 is 6.03 Å². The molecule has 0 aliphatic carbocycles. The van der Waals surface area contributed by atoms with Crippen LogP contribution in [-0.4, -0.2) is 54.7 Å². The second kappa shape index (κ2) is 8.96. The average Bonchev–Trinajstić information content (AvgIpc) is 2.62. The summed E-state index contributed by atoms with van der Waals surface area (Å²) in [4.78, 5) is 14.9. The SMILES string of the molecule is CCS(=O)(=O)NC1CCN(C(=O)NC(C)c2ccc(S(C)=O)cc2)CC1. The molecule has 2 amide bonds. The Morgan fingerprint density at radius 1 is 1.27 bits per heavy atom. The van der Waals surface area contributed by atoms with E-state index in [-0.39, 0.29) is 23.9 Å². The first-order valence-corrected chi connectivity index (χ1v) is 11.9. The molecule has 1 aliphatic rings. The van der Waals surface area contributed by atoms with E-state index >= 15 is 0 Å². The zero-order valence-corrected chi connectivity index (χ0v) is 17.0. The highest BCUT2D eigenvalue weighted by molar-refractivity contribution is 7.89. The fraction of sp³-hybridized carbons (Fsp3) is 0.588. The van der Waals surface area contributed by atoms with Crippen LogP contribution in [0, 0.1) is 0 Å². The fourth-order valence-corrected chi connectivity index (χ4v) is 4.28. The van der Waals surface area contributed by atoms with Crippen molar-refractivity contribution in [3.63, 3.8) is 0 Å². The van der Waals surface area contributed by atoms with E-state index in [1.54, 1.807) is 30.2 Å². The quantitative estimate of drug-likeness (QED) is 0.757. The Morgan fingerprint density at radius 3 is 2.35 bits per heavy atom. The zero-order valence-electron chi connectivity index (χ0n) is 15.4. The number of nitrogens with one attached hydrogen (secondary N) is 2. The van der Waals surface area contributed by atoms with Crippen molar-refractivity contribution in [3.05, 3.63) is 29.8 Å². The van der Waals surface area contributed by atoms with E-state index in [2.05, 4.69) is 10.0 Å². The van der Waals surface area contributed by atoms with Gasteiger partial charge in [0, 0.05) is 41.1 Å². The molecule has 0 radical (unpaired) electrons. The van der Waals surface area contributed by atoms with Gasteiger partial charge in [0.1, 0.15) is 0 Å². The molecule has 0 saturated carbocycles. The molecule has 1 heterocycles. The number of likely N-dealkylation sites (tertiary alicyclic amines) is 1. The Morgan fingerprint density at radius 2 is 1.85 bits per heavy atom. The van der Waals surface area contributed by atoms with Crippen molar-refractivity contribution >= 4 is 26.9 Å². The number of rotatable bonds is 6. The standard InChI is InChI=1S/C17H27N3O4S2/c1-4-26(23,24)19-15-9-11-20(12-10-15)17(21)18-13(2)14-5-7-16(8-6-14)25(3)22/h5-8,13,15,19H,4,9-12H2,1-3H3,(H,18,21). The molecular formula is C17H27N3O4S2. The van der Waals surface area contributed by atoms with Crippen LogP contribution in [0.2, 0.25) is 0 Å². The lowest BCUT2D eigenvalue weighted by Crippen LogP contribution is -2.49. The summed E-state index contributed by atoms with van der Waals surface area (Å²) < 4.78 is 37.4. The number of carbonyl (C=O) groups is 1. The topological polar surface area (TPSA) is 95.6 Å². The lowest BCUT2D eigenvalue weighted by Gasteiger charge is -2.33. The van der Waals surface area contributed by atoms with Gasteiger partial charge < -0.3 is 10.2 Å². The van der Waals surface area contributed by atoms with Crippen LogP contribution in [0.25, 0.3) is 0 Å². The molecule has 2 unspecified atom stereocenters. The Balaban J connectivity index is 1.85. The van der Waals surface area contributed by atoms with Crippen LogP contribution in [0.4, 0.5) is 4.79 Å². The summed E-state index contributed by atoms with van der Waals surface area (Å²) >= 11 is 0. The van der Waals surface area contributed by atoms with Gasteiger partial charge in [-0.15, -0.1) is 0 Å². The molecule has 2 N–H and O–H groups in total. The third-order valence-electron chi connectivity index (χ3n) is 4.56. The van der Waals surface area contributed by atoms with Crippen LogP contribution in [0.15, 0.2) is 29.2 Å². The number of urea groups is 1. The molecule has 0 bridgehead atoms. The monoisotopic (exact) mass is 401 g/mol. The Hall–Kier alpha value is -1.45. The van der Waals surface area contributed by atoms with Gasteiger partial charge in [-0.3, -0.25) is 4.21 Å². The molecule has 1 aliphatic heterocycles. The molecular weight excluding hydrogens is 374 g/mol. The third-order valence-corrected chi connectivity index (χ3v) is 6.95. The average molecular weight is 402 g/mol. The minimum absolute atomic E-state index is 0.0651. The number of benzene rings is 1. The Kier molecular flexibility index (Phi) is 7.19. The largest absolute Gasteiger partial charge is 0.331 e. The minimum Gasteiger partial charge on any atom is -0.331 e. The summed E-state index contributed by atoms with van der Waals surface area (Å²) in [6.07, 6.45) is 2.85. The second-order valence-electron chi connectivity index (χ2n) is 6.48. The molecule has 26 heavy (non-hydrogen) atoms. The van der Waals surface area contributed by atoms with Crippen LogP contribution in [0.3, 0.4) is 0 Å². The number of nitrogens with zero attached hydrogens (tertiary/aromatic N) is 1. The van der Waals surface area contributed by atoms with Crippen LogP contribution in [-0.2, 0) is 20.8 Å². The van der Waals surface area contributed by atoms with Crippen LogP contribution in [0.1, 0.15) is 38.3 Å². The van der Waals surface area contributed by atoms with E-state index in [4.69, 9.17) is 0 Å². The van der Waals surface area contributed by atoms with Crippen LogP contribution < -0.4 is 10.0 Å². The summed E-state index contributed by atoms with van der Waals surface area (Å²) in [5, 5.41) is 2.96. The minimum atomic E-state index is -3.21. The normalized spacial score (nSPS) is 18.3. The van der Waals surface area contributed by atoms with Gasteiger partial charge in [-0.05, 0) is 44.4 Å². The maximum atomic E-state index is 12.4. The number of hydrogen-bond acceptors (Lipinski definition) is 4. The lowest BCUT2D eigenvalue weighted by atomic mass is 10.1. The van der Waals surface area contributed by atoms with Gasteiger partial charge in [0.25, 0.3) is 0 Å². The molecule has 1 aromatic carbocycles. The Bertz CT molecular complexity index is 742. The molecule has 1 aromatic rings. The summed E-state index contributed by atoms with van der Waals surface area (Å²) in [5.41, 5.74) is 0.943. The predicted octanol–water partition coefficient (Wildman–Crippen LogP) is 1.60. The summed E-state index contributed by atoms with van der Waals surface area (Å²) in [5.74, 6) is 0.0651. The number of hydrogen-bond donors (Lipinski definition) is 2. The predicted molar refractivity (Wildman–Crippen MR) is 103 cm³/mol. The maximum Gasteiger partial charge on any atom is 0.317 e. The Labute approximate surface area is 158 Å². The number of piperidine rings is 1. The van der Waals surface area contributed by atoms with Crippen molar-refractivity contribution in [2.75, 3.05) is 25.1 Å². The van der Waals surface area contributed by atoms with E-state index in [0.29, 0.717) is 25.9 Å². The molecule has 2 atom stereocenters. The highest BCUT2D eigenvalue weighted by Crippen LogP contribution is 2.17. The van der Waals surface area contributed by atoms with Gasteiger partial charge in [-0.2, -0.15) is 0 Å². The molecule has 7 nitrogen and oxygen atoms in total. The van der Waals surface area contributed by atoms with Crippen LogP contribution in [0.5, 0.6) is 0 Å². The van der Waals surface area contributed by atoms with Gasteiger partial charge in [-0.1, -0.05) is 12.1 Å². The third kappa shape index (κ3) is 5.78. The number of amides is 2. The van der Waals surface area contributed by atoms with Crippen molar-refractivity contribution in [2.45, 2.75) is 43.7 Å². The summed E-state index contributed by atoms with van der Waals surface area (Å²) in [6, 6.07) is 6.92. The smallest absolute Gasteiger partial charge is 0.317 e. The van der Waals surface area contributed by atoms with E-state index < -0.39 is 20.8 Å². The lowest BCUT2D eigenvalue weighted by molar-refractivity contribution is 0.177. The fourth-order valence-electron chi connectivity index (χ4n) is 2.85. The van der Waals surface area contributed by atoms with Gasteiger partial charge in [0.15, 0.2) is 0 Å². The van der Waals surface area contributed by atoms with E-state index in [0.717, 1.165) is 10.5 Å². The van der Waals surface area contributed by atoms with Crippen molar-refractivity contribution in [1.29, 1.82) is 0 Å². The van der Waals surface area contributed by atoms with Gasteiger partial charge in [0.05, 0.1) is 11.8 Å². The number of carbonyl (C=O) groups excluding carboxylic acids is 1. The molecule has 9 heteroatoms. The molecule has 2 rings (SSSR count). The zero-order chi connectivity index (χ0) is 19.3. The number of sulfonamides is 1. The van der Waals surface area contributed by atoms with Gasteiger partial charge in [-0.25, -0.2) is 17.9 Å². The molecule has 1 fully saturated rings. The maximum absolute atomic E-state index is 12.4. The molecule has 1 saturated heterocycles. The van der Waals surface area contributed by atoms with Crippen LogP contribution >= 0.6 is 0 Å². The first kappa shape index (κ1) is 20.9. The molecule has 146 valence electrons. The van der Waals surface area contributed by atoms with Gasteiger partial charge in [0.2, 0.25) is 10.0 Å². The van der Waals surface area contributed by atoms with E-state index in [1.165, 1.54) is 0 Å². The van der Waals surface area contributed by atoms with Crippen molar-refractivity contribution in [3.8, 4) is 0 Å². The summed E-state index contributed by atoms with van der Waals surface area (Å²) in [7, 11) is -4.23. The molecule has 0 aromatic heterocycles. The van der Waals surface area contributed by atoms with Crippen molar-refractivity contribution in [2.24, 2.45) is 0 Å². The van der Waals surface area contributed by atoms with E-state index in [1.807, 2.05) is 19.1 Å². The highest BCUT2D eigenvalue weighted by Gasteiger charge is 2.26. The first-order chi connectivity index (χ1) is 12.2. The summed E-state index contributed by atoms with van der Waals surface area (Å²) in [6.45, 7) is 4.54.